The van der Waals surface area contributed by atoms with Gasteiger partial charge in [-0.3, -0.25) is 9.69 Å². The van der Waals surface area contributed by atoms with E-state index in [1.54, 1.807) is 4.90 Å². The Labute approximate surface area is 117 Å². The number of aromatic hydroxyl groups is 2. The second-order valence-corrected chi connectivity index (χ2v) is 4.87. The highest BCUT2D eigenvalue weighted by atomic mass is 35.5. The molecule has 1 aromatic rings. The molecule has 2 rings (SSSR count). The molecule has 104 valence electrons. The van der Waals surface area contributed by atoms with Gasteiger partial charge in [-0.25, -0.2) is 0 Å². The molecule has 19 heavy (non-hydrogen) atoms. The van der Waals surface area contributed by atoms with Crippen molar-refractivity contribution in [3.63, 3.8) is 0 Å². The van der Waals surface area contributed by atoms with Gasteiger partial charge in [0.1, 0.15) is 17.1 Å². The van der Waals surface area contributed by atoms with Crippen molar-refractivity contribution in [3.8, 4) is 11.5 Å². The Kier molecular flexibility index (Phi) is 4.50. The molecule has 1 heterocycles. The molecule has 0 bridgehead atoms. The molecule has 2 N–H and O–H groups in total. The summed E-state index contributed by atoms with van der Waals surface area (Å²) in [4.78, 5) is 16.1. The normalized spacial score (nSPS) is 16.6. The molecular formula is C13H17ClN2O3. The van der Waals surface area contributed by atoms with Crippen LogP contribution in [0, 0.1) is 0 Å². The maximum absolute atomic E-state index is 12.3. The molecule has 0 radical (unpaired) electrons. The van der Waals surface area contributed by atoms with E-state index in [0.29, 0.717) is 19.0 Å². The van der Waals surface area contributed by atoms with Crippen LogP contribution in [0.3, 0.4) is 0 Å². The summed E-state index contributed by atoms with van der Waals surface area (Å²) in [5.41, 5.74) is -0.0201. The molecule has 1 fully saturated rings. The number of benzene rings is 1. The van der Waals surface area contributed by atoms with E-state index in [2.05, 4.69) is 4.90 Å². The minimum Gasteiger partial charge on any atom is -0.507 e. The quantitative estimate of drug-likeness (QED) is 0.816. The second kappa shape index (κ2) is 6.12. The Bertz CT molecular complexity index is 439. The van der Waals surface area contributed by atoms with Crippen LogP contribution in [0.15, 0.2) is 18.2 Å². The van der Waals surface area contributed by atoms with E-state index in [1.165, 1.54) is 18.2 Å². The van der Waals surface area contributed by atoms with Crippen LogP contribution < -0.4 is 0 Å². The smallest absolute Gasteiger partial charge is 0.261 e. The zero-order valence-electron chi connectivity index (χ0n) is 10.5. The lowest BCUT2D eigenvalue weighted by molar-refractivity contribution is 0.0638. The highest BCUT2D eigenvalue weighted by Crippen LogP contribution is 2.27. The van der Waals surface area contributed by atoms with E-state index in [1.807, 2.05) is 0 Å². The maximum atomic E-state index is 12.3. The van der Waals surface area contributed by atoms with Gasteiger partial charge in [0, 0.05) is 38.6 Å². The molecule has 0 spiro atoms. The highest BCUT2D eigenvalue weighted by molar-refractivity contribution is 6.18. The number of halogens is 1. The van der Waals surface area contributed by atoms with Gasteiger partial charge in [0.05, 0.1) is 0 Å². The summed E-state index contributed by atoms with van der Waals surface area (Å²) in [7, 11) is 0. The van der Waals surface area contributed by atoms with Crippen molar-refractivity contribution in [2.45, 2.75) is 0 Å². The number of rotatable bonds is 3. The molecule has 0 unspecified atom stereocenters. The van der Waals surface area contributed by atoms with Crippen LogP contribution in [0.5, 0.6) is 11.5 Å². The van der Waals surface area contributed by atoms with Crippen molar-refractivity contribution in [2.24, 2.45) is 0 Å². The van der Waals surface area contributed by atoms with Gasteiger partial charge in [0.25, 0.3) is 5.91 Å². The fourth-order valence-electron chi connectivity index (χ4n) is 2.20. The number of carbonyl (C=O) groups excluding carboxylic acids is 1. The molecule has 1 saturated heterocycles. The van der Waals surface area contributed by atoms with Crippen molar-refractivity contribution in [1.82, 2.24) is 9.80 Å². The Morgan fingerprint density at radius 1 is 1.16 bits per heavy atom. The van der Waals surface area contributed by atoms with E-state index < -0.39 is 0 Å². The van der Waals surface area contributed by atoms with Gasteiger partial charge >= 0.3 is 0 Å². The second-order valence-electron chi connectivity index (χ2n) is 4.49. The van der Waals surface area contributed by atoms with E-state index >= 15 is 0 Å². The molecule has 6 heteroatoms. The third-order valence-electron chi connectivity index (χ3n) is 3.29. The highest BCUT2D eigenvalue weighted by Gasteiger charge is 2.25. The number of piperazine rings is 1. The minimum absolute atomic E-state index is 0.0201. The van der Waals surface area contributed by atoms with Gasteiger partial charge < -0.3 is 15.1 Å². The number of amides is 1. The van der Waals surface area contributed by atoms with E-state index in [0.717, 1.165) is 19.6 Å². The van der Waals surface area contributed by atoms with Gasteiger partial charge in [-0.1, -0.05) is 6.07 Å². The number of hydrogen-bond acceptors (Lipinski definition) is 4. The number of phenols is 2. The van der Waals surface area contributed by atoms with E-state index in [-0.39, 0.29) is 23.0 Å². The van der Waals surface area contributed by atoms with Crippen LogP contribution in [0.1, 0.15) is 10.4 Å². The summed E-state index contributed by atoms with van der Waals surface area (Å²) in [5, 5.41) is 19.4. The number of phenolic OH excluding ortho intramolecular Hbond substituents is 2. The fourth-order valence-corrected chi connectivity index (χ4v) is 2.44. The zero-order valence-corrected chi connectivity index (χ0v) is 11.3. The van der Waals surface area contributed by atoms with Crippen molar-refractivity contribution >= 4 is 17.5 Å². The lowest BCUT2D eigenvalue weighted by Gasteiger charge is -2.34. The van der Waals surface area contributed by atoms with Crippen LogP contribution in [-0.4, -0.2) is 64.5 Å². The van der Waals surface area contributed by atoms with Crippen molar-refractivity contribution < 1.29 is 15.0 Å². The monoisotopic (exact) mass is 284 g/mol. The largest absolute Gasteiger partial charge is 0.507 e. The first-order valence-corrected chi connectivity index (χ1v) is 6.75. The first-order valence-electron chi connectivity index (χ1n) is 6.22. The SMILES string of the molecule is O=C(c1c(O)cccc1O)N1CCN(CCCl)CC1. The van der Waals surface area contributed by atoms with E-state index in [4.69, 9.17) is 11.6 Å². The van der Waals surface area contributed by atoms with Crippen molar-refractivity contribution in [1.29, 1.82) is 0 Å². The Hall–Kier alpha value is -1.46. The Balaban J connectivity index is 2.05. The topological polar surface area (TPSA) is 64.0 Å². The molecule has 1 amide bonds. The molecule has 5 nitrogen and oxygen atoms in total. The number of alkyl halides is 1. The minimum atomic E-state index is -0.332. The Morgan fingerprint density at radius 2 is 1.74 bits per heavy atom. The predicted molar refractivity (Wildman–Crippen MR) is 72.8 cm³/mol. The van der Waals surface area contributed by atoms with Crippen LogP contribution in [0.4, 0.5) is 0 Å². The lowest BCUT2D eigenvalue weighted by atomic mass is 10.1. The van der Waals surface area contributed by atoms with Crippen LogP contribution in [0.2, 0.25) is 0 Å². The van der Waals surface area contributed by atoms with Gasteiger partial charge in [-0.15, -0.1) is 11.6 Å². The van der Waals surface area contributed by atoms with Gasteiger partial charge in [-0.05, 0) is 12.1 Å². The molecule has 1 aliphatic rings. The van der Waals surface area contributed by atoms with E-state index in [9.17, 15) is 15.0 Å². The molecule has 1 aliphatic heterocycles. The van der Waals surface area contributed by atoms with Gasteiger partial charge in [0.2, 0.25) is 0 Å². The lowest BCUT2D eigenvalue weighted by Crippen LogP contribution is -2.49. The summed E-state index contributed by atoms with van der Waals surface area (Å²) in [6, 6.07) is 4.30. The first kappa shape index (κ1) is 14.0. The van der Waals surface area contributed by atoms with Crippen LogP contribution in [0.25, 0.3) is 0 Å². The predicted octanol–water partition coefficient (Wildman–Crippen LogP) is 1.09. The number of nitrogens with zero attached hydrogens (tertiary/aromatic N) is 2. The summed E-state index contributed by atoms with van der Waals surface area (Å²) in [6.07, 6.45) is 0. The zero-order chi connectivity index (χ0) is 13.8. The average molecular weight is 285 g/mol. The van der Waals surface area contributed by atoms with Crippen molar-refractivity contribution in [3.05, 3.63) is 23.8 Å². The molecule has 0 atom stereocenters. The molecule has 0 aliphatic carbocycles. The van der Waals surface area contributed by atoms with Crippen molar-refractivity contribution in [2.75, 3.05) is 38.6 Å². The summed E-state index contributed by atoms with van der Waals surface area (Å²) in [5.74, 6) is -0.128. The average Bonchev–Trinajstić information content (AvgIpc) is 2.39. The third kappa shape index (κ3) is 3.11. The van der Waals surface area contributed by atoms with Gasteiger partial charge in [-0.2, -0.15) is 0 Å². The molecular weight excluding hydrogens is 268 g/mol. The Morgan fingerprint density at radius 3 is 2.26 bits per heavy atom. The summed E-state index contributed by atoms with van der Waals surface area (Å²) < 4.78 is 0. The van der Waals surface area contributed by atoms with Crippen LogP contribution >= 0.6 is 11.6 Å². The summed E-state index contributed by atoms with van der Waals surface area (Å²) >= 11 is 5.68. The van der Waals surface area contributed by atoms with Crippen LogP contribution in [-0.2, 0) is 0 Å². The number of carbonyl (C=O) groups is 1. The maximum Gasteiger partial charge on any atom is 0.261 e. The molecule has 0 aromatic heterocycles. The summed E-state index contributed by atoms with van der Waals surface area (Å²) in [6.45, 7) is 3.47. The molecule has 0 saturated carbocycles. The standard InChI is InChI=1S/C13H17ClN2O3/c14-4-5-15-6-8-16(9-7-15)13(19)12-10(17)2-1-3-11(12)18/h1-3,17-18H,4-9H2. The van der Waals surface area contributed by atoms with Gasteiger partial charge in [0.15, 0.2) is 0 Å². The third-order valence-corrected chi connectivity index (χ3v) is 3.46. The fraction of sp³-hybridized carbons (Fsp3) is 0.462. The first-order chi connectivity index (χ1) is 9.13. The molecule has 1 aromatic carbocycles. The number of hydrogen-bond donors (Lipinski definition) is 2.